The van der Waals surface area contributed by atoms with Crippen LogP contribution in [0.5, 0.6) is 0 Å². The predicted molar refractivity (Wildman–Crippen MR) is 62.1 cm³/mol. The first kappa shape index (κ1) is 10.9. The second-order valence-electron chi connectivity index (χ2n) is 4.25. The lowest BCUT2D eigenvalue weighted by Crippen LogP contribution is -2.21. The monoisotopic (exact) mass is 225 g/mol. The van der Waals surface area contributed by atoms with Crippen LogP contribution in [0.2, 0.25) is 5.02 Å². The van der Waals surface area contributed by atoms with Gasteiger partial charge in [-0.15, -0.1) is 0 Å². The Labute approximate surface area is 95.5 Å². The minimum atomic E-state index is -0.141. The number of halogens is 1. The van der Waals surface area contributed by atoms with E-state index in [0.717, 1.165) is 31.1 Å². The molecule has 0 radical (unpaired) electrons. The molecule has 1 aliphatic heterocycles. The number of aliphatic hydroxyl groups is 1. The van der Waals surface area contributed by atoms with E-state index in [4.69, 9.17) is 11.6 Å². The highest BCUT2D eigenvalue weighted by Gasteiger charge is 2.20. The third kappa shape index (κ3) is 2.71. The largest absolute Gasteiger partial charge is 0.392 e. The van der Waals surface area contributed by atoms with Gasteiger partial charge in [0.05, 0.1) is 6.10 Å². The lowest BCUT2D eigenvalue weighted by atomic mass is 10.1. The van der Waals surface area contributed by atoms with Crippen molar-refractivity contribution in [1.29, 1.82) is 0 Å². The van der Waals surface area contributed by atoms with Gasteiger partial charge in [0.15, 0.2) is 0 Å². The third-order valence-corrected chi connectivity index (χ3v) is 3.18. The Morgan fingerprint density at radius 2 is 2.33 bits per heavy atom. The maximum Gasteiger partial charge on any atom is 0.0679 e. The lowest BCUT2D eigenvalue weighted by molar-refractivity contribution is 0.174. The molecule has 1 heterocycles. The van der Waals surface area contributed by atoms with E-state index >= 15 is 0 Å². The number of likely N-dealkylation sites (tertiary alicyclic amines) is 1. The van der Waals surface area contributed by atoms with E-state index in [9.17, 15) is 5.11 Å². The minimum absolute atomic E-state index is 0.141. The first-order valence-electron chi connectivity index (χ1n) is 5.30. The Kier molecular flexibility index (Phi) is 3.29. The van der Waals surface area contributed by atoms with Crippen LogP contribution in [0, 0.1) is 6.92 Å². The molecular formula is C12H16ClNO. The SMILES string of the molecule is Cc1cc(Cl)ccc1CN1CCC(O)C1. The topological polar surface area (TPSA) is 23.5 Å². The van der Waals surface area contributed by atoms with Crippen molar-refractivity contribution in [2.75, 3.05) is 13.1 Å². The molecule has 0 aliphatic carbocycles. The van der Waals surface area contributed by atoms with Gasteiger partial charge in [0, 0.05) is 24.7 Å². The zero-order chi connectivity index (χ0) is 10.8. The van der Waals surface area contributed by atoms with Crippen molar-refractivity contribution in [3.8, 4) is 0 Å². The van der Waals surface area contributed by atoms with Gasteiger partial charge in [-0.3, -0.25) is 4.90 Å². The standard InChI is InChI=1S/C12H16ClNO/c1-9-6-11(13)3-2-10(9)7-14-5-4-12(15)8-14/h2-3,6,12,15H,4-5,7-8H2,1H3. The minimum Gasteiger partial charge on any atom is -0.392 e. The Balaban J connectivity index is 2.04. The van der Waals surface area contributed by atoms with Crippen LogP contribution < -0.4 is 0 Å². The van der Waals surface area contributed by atoms with Gasteiger partial charge in [-0.05, 0) is 36.6 Å². The molecule has 1 atom stereocenters. The van der Waals surface area contributed by atoms with Crippen LogP contribution in [-0.4, -0.2) is 29.2 Å². The van der Waals surface area contributed by atoms with Crippen molar-refractivity contribution in [3.63, 3.8) is 0 Å². The molecule has 0 aromatic heterocycles. The van der Waals surface area contributed by atoms with Crippen LogP contribution in [0.15, 0.2) is 18.2 Å². The lowest BCUT2D eigenvalue weighted by Gasteiger charge is -2.16. The number of aryl methyl sites for hydroxylation is 1. The van der Waals surface area contributed by atoms with Crippen LogP contribution in [0.1, 0.15) is 17.5 Å². The zero-order valence-corrected chi connectivity index (χ0v) is 9.67. The molecule has 3 heteroatoms. The molecule has 1 saturated heterocycles. The first-order valence-corrected chi connectivity index (χ1v) is 5.68. The van der Waals surface area contributed by atoms with Crippen LogP contribution in [-0.2, 0) is 6.54 Å². The maximum absolute atomic E-state index is 9.43. The van der Waals surface area contributed by atoms with Gasteiger partial charge in [-0.25, -0.2) is 0 Å². The second-order valence-corrected chi connectivity index (χ2v) is 4.68. The molecule has 15 heavy (non-hydrogen) atoms. The highest BCUT2D eigenvalue weighted by atomic mass is 35.5. The number of benzene rings is 1. The molecule has 2 nitrogen and oxygen atoms in total. The molecule has 1 N–H and O–H groups in total. The summed E-state index contributed by atoms with van der Waals surface area (Å²) in [5.74, 6) is 0. The van der Waals surface area contributed by atoms with E-state index in [1.54, 1.807) is 0 Å². The fourth-order valence-corrected chi connectivity index (χ4v) is 2.26. The van der Waals surface area contributed by atoms with Gasteiger partial charge in [0.25, 0.3) is 0 Å². The summed E-state index contributed by atoms with van der Waals surface area (Å²) < 4.78 is 0. The zero-order valence-electron chi connectivity index (χ0n) is 8.91. The van der Waals surface area contributed by atoms with Gasteiger partial charge >= 0.3 is 0 Å². The Morgan fingerprint density at radius 3 is 2.93 bits per heavy atom. The maximum atomic E-state index is 9.43. The number of aliphatic hydroxyl groups excluding tert-OH is 1. The van der Waals surface area contributed by atoms with Gasteiger partial charge in [0.2, 0.25) is 0 Å². The predicted octanol–water partition coefficient (Wildman–Crippen LogP) is 2.22. The summed E-state index contributed by atoms with van der Waals surface area (Å²) in [6.07, 6.45) is 0.754. The highest BCUT2D eigenvalue weighted by Crippen LogP contribution is 2.19. The quantitative estimate of drug-likeness (QED) is 0.835. The van der Waals surface area contributed by atoms with Crippen molar-refractivity contribution >= 4 is 11.6 Å². The van der Waals surface area contributed by atoms with Gasteiger partial charge < -0.3 is 5.11 Å². The number of hydrogen-bond acceptors (Lipinski definition) is 2. The van der Waals surface area contributed by atoms with Crippen LogP contribution in [0.25, 0.3) is 0 Å². The number of nitrogens with zero attached hydrogens (tertiary/aromatic N) is 1. The smallest absolute Gasteiger partial charge is 0.0679 e. The van der Waals surface area contributed by atoms with E-state index in [0.29, 0.717) is 0 Å². The Hall–Kier alpha value is -0.570. The summed E-state index contributed by atoms with van der Waals surface area (Å²) in [5, 5.41) is 10.2. The van der Waals surface area contributed by atoms with Gasteiger partial charge in [-0.1, -0.05) is 17.7 Å². The average Bonchev–Trinajstić information content (AvgIpc) is 2.56. The molecule has 1 fully saturated rings. The summed E-state index contributed by atoms with van der Waals surface area (Å²) in [4.78, 5) is 2.28. The molecule has 2 rings (SSSR count). The molecule has 1 aromatic carbocycles. The van der Waals surface area contributed by atoms with Crippen molar-refractivity contribution < 1.29 is 5.11 Å². The van der Waals surface area contributed by atoms with Crippen molar-refractivity contribution in [1.82, 2.24) is 4.90 Å². The van der Waals surface area contributed by atoms with Gasteiger partial charge in [0.1, 0.15) is 0 Å². The summed E-state index contributed by atoms with van der Waals surface area (Å²) >= 11 is 5.90. The fourth-order valence-electron chi connectivity index (χ4n) is 2.03. The number of rotatable bonds is 2. The molecule has 0 bridgehead atoms. The first-order chi connectivity index (χ1) is 7.15. The van der Waals surface area contributed by atoms with E-state index < -0.39 is 0 Å². The van der Waals surface area contributed by atoms with Crippen LogP contribution >= 0.6 is 11.6 Å². The van der Waals surface area contributed by atoms with Crippen molar-refractivity contribution in [3.05, 3.63) is 34.3 Å². The molecule has 0 spiro atoms. The van der Waals surface area contributed by atoms with Crippen molar-refractivity contribution in [2.24, 2.45) is 0 Å². The molecule has 1 aromatic rings. The summed E-state index contributed by atoms with van der Waals surface area (Å²) in [7, 11) is 0. The van der Waals surface area contributed by atoms with E-state index in [1.807, 2.05) is 12.1 Å². The summed E-state index contributed by atoms with van der Waals surface area (Å²) in [6.45, 7) is 4.78. The summed E-state index contributed by atoms with van der Waals surface area (Å²) in [6, 6.07) is 5.99. The molecule has 1 aliphatic rings. The van der Waals surface area contributed by atoms with E-state index in [-0.39, 0.29) is 6.10 Å². The molecular weight excluding hydrogens is 210 g/mol. The number of hydrogen-bond donors (Lipinski definition) is 1. The van der Waals surface area contributed by atoms with Crippen LogP contribution in [0.3, 0.4) is 0 Å². The Bertz CT molecular complexity index is 353. The molecule has 82 valence electrons. The fraction of sp³-hybridized carbons (Fsp3) is 0.500. The third-order valence-electron chi connectivity index (χ3n) is 2.95. The highest BCUT2D eigenvalue weighted by molar-refractivity contribution is 6.30. The van der Waals surface area contributed by atoms with Gasteiger partial charge in [-0.2, -0.15) is 0 Å². The van der Waals surface area contributed by atoms with E-state index in [1.165, 1.54) is 11.1 Å². The van der Waals surface area contributed by atoms with Crippen LogP contribution in [0.4, 0.5) is 0 Å². The van der Waals surface area contributed by atoms with E-state index in [2.05, 4.69) is 17.9 Å². The molecule has 1 unspecified atom stereocenters. The molecule has 0 amide bonds. The molecule has 0 saturated carbocycles. The Morgan fingerprint density at radius 1 is 1.53 bits per heavy atom. The second kappa shape index (κ2) is 4.52. The normalized spacial score (nSPS) is 22.2. The number of β-amino-alcohol motifs (C(OH)–C–C–N with tert-alkyl or cyclic N) is 1. The van der Waals surface area contributed by atoms with Crippen molar-refractivity contribution in [2.45, 2.75) is 26.0 Å². The average molecular weight is 226 g/mol. The summed E-state index contributed by atoms with van der Waals surface area (Å²) in [5.41, 5.74) is 2.53.